The van der Waals surface area contributed by atoms with Crippen molar-refractivity contribution in [3.05, 3.63) is 0 Å². The molecule has 10 heavy (non-hydrogen) atoms. The molecule has 0 aromatic carbocycles. The van der Waals surface area contributed by atoms with E-state index in [1.54, 1.807) is 0 Å². The van der Waals surface area contributed by atoms with Crippen molar-refractivity contribution in [2.45, 2.75) is 25.3 Å². The molecule has 0 aromatic heterocycles. The highest BCUT2D eigenvalue weighted by molar-refractivity contribution is 7.99. The Hall–Kier alpha value is 0.310. The second-order valence-electron chi connectivity index (χ2n) is 3.33. The summed E-state index contributed by atoms with van der Waals surface area (Å²) in [6, 6.07) is 0.868. The van der Waals surface area contributed by atoms with Crippen LogP contribution in [0.25, 0.3) is 0 Å². The lowest BCUT2D eigenvalue weighted by atomic mass is 9.80. The van der Waals surface area contributed by atoms with Crippen LogP contribution >= 0.6 is 11.8 Å². The van der Waals surface area contributed by atoms with Gasteiger partial charge in [0.05, 0.1) is 0 Å². The van der Waals surface area contributed by atoms with E-state index in [1.807, 2.05) is 0 Å². The molecule has 1 heterocycles. The molecule has 1 unspecified atom stereocenters. The van der Waals surface area contributed by atoms with E-state index in [2.05, 4.69) is 17.1 Å². The smallest absolute Gasteiger partial charge is 0.0186 e. The van der Waals surface area contributed by atoms with Crippen LogP contribution in [0, 0.1) is 5.92 Å². The van der Waals surface area contributed by atoms with Crippen LogP contribution in [0.2, 0.25) is 0 Å². The number of thioether (sulfide) groups is 1. The zero-order valence-electron chi connectivity index (χ0n) is 6.31. The lowest BCUT2D eigenvalue weighted by Crippen LogP contribution is -2.45. The van der Waals surface area contributed by atoms with Crippen LogP contribution < -0.4 is 5.32 Å². The van der Waals surface area contributed by atoms with Crippen LogP contribution in [0.3, 0.4) is 0 Å². The first-order valence-electron chi connectivity index (χ1n) is 4.28. The summed E-state index contributed by atoms with van der Waals surface area (Å²) < 4.78 is 0. The molecule has 2 fully saturated rings. The van der Waals surface area contributed by atoms with Crippen molar-refractivity contribution in [2.24, 2.45) is 5.92 Å². The Kier molecular flexibility index (Phi) is 2.19. The van der Waals surface area contributed by atoms with Crippen molar-refractivity contribution >= 4 is 11.8 Å². The van der Waals surface area contributed by atoms with Crippen molar-refractivity contribution < 1.29 is 0 Å². The zero-order chi connectivity index (χ0) is 6.81. The van der Waals surface area contributed by atoms with Gasteiger partial charge in [0.1, 0.15) is 0 Å². The third-order valence-corrected chi connectivity index (χ3v) is 3.76. The molecule has 0 bridgehead atoms. The van der Waals surface area contributed by atoms with Crippen LogP contribution in [0.4, 0.5) is 0 Å². The minimum Gasteiger partial charge on any atom is -0.312 e. The summed E-state index contributed by atoms with van der Waals surface area (Å²) in [6.07, 6.45) is 4.45. The van der Waals surface area contributed by atoms with Gasteiger partial charge < -0.3 is 5.32 Å². The van der Waals surface area contributed by atoms with E-state index in [1.165, 1.54) is 37.3 Å². The minimum atomic E-state index is 0.868. The van der Waals surface area contributed by atoms with E-state index in [4.69, 9.17) is 0 Å². The highest BCUT2D eigenvalue weighted by atomic mass is 32.2. The molecule has 1 N–H and O–H groups in total. The SMILES string of the molecule is C1CC(C2CSCCN2)C1. The van der Waals surface area contributed by atoms with E-state index in [0.717, 1.165) is 12.0 Å². The van der Waals surface area contributed by atoms with Crippen molar-refractivity contribution in [1.29, 1.82) is 0 Å². The number of nitrogens with one attached hydrogen (secondary N) is 1. The predicted molar refractivity (Wildman–Crippen MR) is 46.5 cm³/mol. The Balaban J connectivity index is 1.78. The molecule has 1 saturated heterocycles. The number of hydrogen-bond donors (Lipinski definition) is 1. The zero-order valence-corrected chi connectivity index (χ0v) is 7.12. The topological polar surface area (TPSA) is 12.0 Å². The van der Waals surface area contributed by atoms with Crippen LogP contribution in [-0.2, 0) is 0 Å². The molecule has 1 nitrogen and oxygen atoms in total. The third-order valence-electron chi connectivity index (χ3n) is 2.67. The van der Waals surface area contributed by atoms with Gasteiger partial charge in [0.2, 0.25) is 0 Å². The van der Waals surface area contributed by atoms with Crippen LogP contribution in [0.5, 0.6) is 0 Å². The standard InChI is InChI=1S/C8H15NS/c1-2-7(3-1)8-6-10-5-4-9-8/h7-9H,1-6H2. The summed E-state index contributed by atoms with van der Waals surface area (Å²) in [5, 5.41) is 3.60. The molecular weight excluding hydrogens is 142 g/mol. The van der Waals surface area contributed by atoms with Gasteiger partial charge in [-0.15, -0.1) is 0 Å². The molecule has 0 spiro atoms. The summed E-state index contributed by atoms with van der Waals surface area (Å²) in [5.74, 6) is 3.72. The fourth-order valence-electron chi connectivity index (χ4n) is 1.73. The maximum Gasteiger partial charge on any atom is 0.0186 e. The Morgan fingerprint density at radius 3 is 2.70 bits per heavy atom. The van der Waals surface area contributed by atoms with E-state index in [-0.39, 0.29) is 0 Å². The predicted octanol–water partition coefficient (Wildman–Crippen LogP) is 1.49. The monoisotopic (exact) mass is 157 g/mol. The Morgan fingerprint density at radius 2 is 2.20 bits per heavy atom. The average molecular weight is 157 g/mol. The molecule has 1 aliphatic heterocycles. The molecule has 2 rings (SSSR count). The quantitative estimate of drug-likeness (QED) is 0.619. The van der Waals surface area contributed by atoms with Gasteiger partial charge in [-0.05, 0) is 18.8 Å². The van der Waals surface area contributed by atoms with Gasteiger partial charge in [0.15, 0.2) is 0 Å². The summed E-state index contributed by atoms with van der Waals surface area (Å²) in [7, 11) is 0. The lowest BCUT2D eigenvalue weighted by Gasteiger charge is -2.36. The van der Waals surface area contributed by atoms with Gasteiger partial charge in [-0.2, -0.15) is 11.8 Å². The van der Waals surface area contributed by atoms with Gasteiger partial charge in [0, 0.05) is 24.1 Å². The lowest BCUT2D eigenvalue weighted by molar-refractivity contribution is 0.244. The molecule has 58 valence electrons. The summed E-state index contributed by atoms with van der Waals surface area (Å²) in [6.45, 7) is 1.24. The molecular formula is C8H15NS. The number of rotatable bonds is 1. The van der Waals surface area contributed by atoms with E-state index in [0.29, 0.717) is 0 Å². The molecule has 0 radical (unpaired) electrons. The van der Waals surface area contributed by atoms with E-state index in [9.17, 15) is 0 Å². The summed E-state index contributed by atoms with van der Waals surface area (Å²) in [5.41, 5.74) is 0. The van der Waals surface area contributed by atoms with E-state index >= 15 is 0 Å². The first-order valence-corrected chi connectivity index (χ1v) is 5.43. The Labute approximate surface area is 67.0 Å². The first-order chi connectivity index (χ1) is 4.97. The van der Waals surface area contributed by atoms with Crippen LogP contribution in [-0.4, -0.2) is 24.1 Å². The first kappa shape index (κ1) is 6.99. The Morgan fingerprint density at radius 1 is 1.30 bits per heavy atom. The molecule has 0 amide bonds. The molecule has 2 aliphatic rings. The van der Waals surface area contributed by atoms with E-state index < -0.39 is 0 Å². The van der Waals surface area contributed by atoms with Crippen molar-refractivity contribution in [3.63, 3.8) is 0 Å². The van der Waals surface area contributed by atoms with Crippen LogP contribution in [0.15, 0.2) is 0 Å². The van der Waals surface area contributed by atoms with Gasteiger partial charge in [-0.1, -0.05) is 6.42 Å². The van der Waals surface area contributed by atoms with Gasteiger partial charge in [0.25, 0.3) is 0 Å². The van der Waals surface area contributed by atoms with Crippen molar-refractivity contribution in [1.82, 2.24) is 5.32 Å². The second kappa shape index (κ2) is 3.14. The van der Waals surface area contributed by atoms with Crippen LogP contribution in [0.1, 0.15) is 19.3 Å². The van der Waals surface area contributed by atoms with Gasteiger partial charge >= 0.3 is 0 Å². The second-order valence-corrected chi connectivity index (χ2v) is 4.48. The molecule has 1 atom stereocenters. The summed E-state index contributed by atoms with van der Waals surface area (Å²) >= 11 is 2.12. The van der Waals surface area contributed by atoms with Crippen molar-refractivity contribution in [3.8, 4) is 0 Å². The summed E-state index contributed by atoms with van der Waals surface area (Å²) in [4.78, 5) is 0. The molecule has 1 saturated carbocycles. The average Bonchev–Trinajstić information content (AvgIpc) is 1.86. The number of hydrogen-bond acceptors (Lipinski definition) is 2. The molecule has 0 aromatic rings. The third kappa shape index (κ3) is 1.32. The van der Waals surface area contributed by atoms with Gasteiger partial charge in [-0.25, -0.2) is 0 Å². The highest BCUT2D eigenvalue weighted by Gasteiger charge is 2.27. The Bertz CT molecular complexity index is 106. The maximum absolute atomic E-state index is 3.60. The fourth-order valence-corrected chi connectivity index (χ4v) is 2.80. The fraction of sp³-hybridized carbons (Fsp3) is 1.00. The molecule has 1 aliphatic carbocycles. The highest BCUT2D eigenvalue weighted by Crippen LogP contribution is 2.31. The maximum atomic E-state index is 3.60. The van der Waals surface area contributed by atoms with Gasteiger partial charge in [-0.3, -0.25) is 0 Å². The minimum absolute atomic E-state index is 0.868. The largest absolute Gasteiger partial charge is 0.312 e. The van der Waals surface area contributed by atoms with Crippen molar-refractivity contribution in [2.75, 3.05) is 18.1 Å². The normalized spacial score (nSPS) is 35.4. The molecule has 2 heteroatoms.